The third-order valence-electron chi connectivity index (χ3n) is 3.13. The number of ketones is 1. The number of carboxylic acids is 1. The molecule has 1 aromatic carbocycles. The van der Waals surface area contributed by atoms with Crippen LogP contribution in [0.25, 0.3) is 0 Å². The molecule has 1 fully saturated rings. The molecule has 0 heterocycles. The standard InChI is InChI=1S/C12H9F3O3/c13-8-2-6(3-9(14)11(8)15)5-1-7(12(17)18)10(16)4-5/h2-3,5,7H,1,4H2,(H,17,18). The Bertz CT molecular complexity index is 504. The Morgan fingerprint density at radius 3 is 2.22 bits per heavy atom. The smallest absolute Gasteiger partial charge is 0.314 e. The molecule has 6 heteroatoms. The minimum atomic E-state index is -1.57. The predicted molar refractivity (Wildman–Crippen MR) is 54.4 cm³/mol. The number of rotatable bonds is 2. The summed E-state index contributed by atoms with van der Waals surface area (Å²) < 4.78 is 38.8. The van der Waals surface area contributed by atoms with Crippen LogP contribution in [0.15, 0.2) is 12.1 Å². The van der Waals surface area contributed by atoms with Crippen molar-refractivity contribution in [2.45, 2.75) is 18.8 Å². The quantitative estimate of drug-likeness (QED) is 0.653. The fourth-order valence-corrected chi connectivity index (χ4v) is 2.19. The van der Waals surface area contributed by atoms with Crippen molar-refractivity contribution in [1.82, 2.24) is 0 Å². The van der Waals surface area contributed by atoms with Gasteiger partial charge >= 0.3 is 5.97 Å². The van der Waals surface area contributed by atoms with E-state index in [1.54, 1.807) is 0 Å². The summed E-state index contributed by atoms with van der Waals surface area (Å²) in [7, 11) is 0. The summed E-state index contributed by atoms with van der Waals surface area (Å²) in [6.45, 7) is 0. The first kappa shape index (κ1) is 12.6. The lowest BCUT2D eigenvalue weighted by atomic mass is 9.96. The van der Waals surface area contributed by atoms with Crippen LogP contribution in [0.3, 0.4) is 0 Å². The van der Waals surface area contributed by atoms with Crippen LogP contribution < -0.4 is 0 Å². The fourth-order valence-electron chi connectivity index (χ4n) is 2.19. The van der Waals surface area contributed by atoms with Crippen molar-refractivity contribution in [3.63, 3.8) is 0 Å². The summed E-state index contributed by atoms with van der Waals surface area (Å²) in [5, 5.41) is 8.77. The highest BCUT2D eigenvalue weighted by Crippen LogP contribution is 2.36. The van der Waals surface area contributed by atoms with Gasteiger partial charge in [-0.05, 0) is 30.0 Å². The Balaban J connectivity index is 2.29. The van der Waals surface area contributed by atoms with E-state index in [0.29, 0.717) is 0 Å². The molecule has 1 saturated carbocycles. The van der Waals surface area contributed by atoms with E-state index in [1.165, 1.54) is 0 Å². The summed E-state index contributed by atoms with van der Waals surface area (Å²) in [5.74, 6) is -7.69. The molecular formula is C12H9F3O3. The maximum atomic E-state index is 13.0. The van der Waals surface area contributed by atoms with Gasteiger partial charge in [-0.3, -0.25) is 9.59 Å². The molecule has 0 saturated heterocycles. The van der Waals surface area contributed by atoms with Crippen molar-refractivity contribution in [1.29, 1.82) is 0 Å². The molecule has 1 aromatic rings. The topological polar surface area (TPSA) is 54.4 Å². The Morgan fingerprint density at radius 1 is 1.22 bits per heavy atom. The van der Waals surface area contributed by atoms with Crippen LogP contribution in [0.2, 0.25) is 0 Å². The summed E-state index contributed by atoms with van der Waals surface area (Å²) >= 11 is 0. The third kappa shape index (κ3) is 2.10. The zero-order valence-electron chi connectivity index (χ0n) is 9.12. The van der Waals surface area contributed by atoms with E-state index < -0.39 is 41.0 Å². The molecule has 2 atom stereocenters. The highest BCUT2D eigenvalue weighted by atomic mass is 19.2. The Kier molecular flexibility index (Phi) is 3.11. The van der Waals surface area contributed by atoms with Crippen LogP contribution in [0.5, 0.6) is 0 Å². The van der Waals surface area contributed by atoms with Crippen molar-refractivity contribution in [2.75, 3.05) is 0 Å². The van der Waals surface area contributed by atoms with Gasteiger partial charge in [-0.25, -0.2) is 13.2 Å². The zero-order valence-corrected chi connectivity index (χ0v) is 9.12. The molecule has 3 nitrogen and oxygen atoms in total. The van der Waals surface area contributed by atoms with Gasteiger partial charge in [0, 0.05) is 6.42 Å². The predicted octanol–water partition coefficient (Wildman–Crippen LogP) is 2.25. The maximum Gasteiger partial charge on any atom is 0.314 e. The second kappa shape index (κ2) is 4.44. The second-order valence-electron chi connectivity index (χ2n) is 4.29. The van der Waals surface area contributed by atoms with Crippen LogP contribution in [0.4, 0.5) is 13.2 Å². The fraction of sp³-hybridized carbons (Fsp3) is 0.333. The average molecular weight is 258 g/mol. The van der Waals surface area contributed by atoms with Gasteiger partial charge in [0.25, 0.3) is 0 Å². The third-order valence-corrected chi connectivity index (χ3v) is 3.13. The zero-order chi connectivity index (χ0) is 13.4. The molecule has 0 aliphatic heterocycles. The molecule has 1 aliphatic carbocycles. The second-order valence-corrected chi connectivity index (χ2v) is 4.29. The number of carboxylic acid groups (broad SMARTS) is 1. The van der Waals surface area contributed by atoms with E-state index in [4.69, 9.17) is 5.11 Å². The molecule has 1 aliphatic rings. The lowest BCUT2D eigenvalue weighted by molar-refractivity contribution is -0.144. The number of benzene rings is 1. The molecule has 2 unspecified atom stereocenters. The number of hydrogen-bond acceptors (Lipinski definition) is 2. The van der Waals surface area contributed by atoms with Crippen molar-refractivity contribution in [3.8, 4) is 0 Å². The van der Waals surface area contributed by atoms with E-state index in [0.717, 1.165) is 12.1 Å². The van der Waals surface area contributed by atoms with E-state index in [9.17, 15) is 22.8 Å². The summed E-state index contributed by atoms with van der Waals surface area (Å²) in [6, 6.07) is 1.61. The molecule has 96 valence electrons. The van der Waals surface area contributed by atoms with Gasteiger partial charge in [-0.1, -0.05) is 0 Å². The molecule has 18 heavy (non-hydrogen) atoms. The monoisotopic (exact) mass is 258 g/mol. The molecular weight excluding hydrogens is 249 g/mol. The number of halogens is 3. The maximum absolute atomic E-state index is 13.0. The summed E-state index contributed by atoms with van der Waals surface area (Å²) in [4.78, 5) is 22.1. The van der Waals surface area contributed by atoms with E-state index in [1.807, 2.05) is 0 Å². The van der Waals surface area contributed by atoms with Gasteiger partial charge in [0.15, 0.2) is 17.5 Å². The number of carbonyl (C=O) groups excluding carboxylic acids is 1. The molecule has 0 amide bonds. The summed E-state index contributed by atoms with van der Waals surface area (Å²) in [6.07, 6.45) is -0.111. The van der Waals surface area contributed by atoms with Crippen LogP contribution in [-0.4, -0.2) is 16.9 Å². The van der Waals surface area contributed by atoms with Crippen LogP contribution >= 0.6 is 0 Å². The molecule has 0 aromatic heterocycles. The number of hydrogen-bond donors (Lipinski definition) is 1. The van der Waals surface area contributed by atoms with Gasteiger partial charge in [-0.2, -0.15) is 0 Å². The first-order chi connectivity index (χ1) is 8.40. The number of Topliss-reactive ketones (excluding diaryl/α,β-unsaturated/α-hetero) is 1. The number of aliphatic carboxylic acids is 1. The van der Waals surface area contributed by atoms with Gasteiger partial charge < -0.3 is 5.11 Å². The first-order valence-corrected chi connectivity index (χ1v) is 5.30. The highest BCUT2D eigenvalue weighted by molar-refractivity contribution is 6.00. The van der Waals surface area contributed by atoms with Crippen molar-refractivity contribution < 1.29 is 27.9 Å². The minimum absolute atomic E-state index is 0.0152. The number of carbonyl (C=O) groups is 2. The molecule has 0 bridgehead atoms. The van der Waals surface area contributed by atoms with Gasteiger partial charge in [-0.15, -0.1) is 0 Å². The van der Waals surface area contributed by atoms with Crippen LogP contribution in [0.1, 0.15) is 24.3 Å². The van der Waals surface area contributed by atoms with Crippen LogP contribution in [0, 0.1) is 23.4 Å². The lowest BCUT2D eigenvalue weighted by Gasteiger charge is -2.09. The van der Waals surface area contributed by atoms with Gasteiger partial charge in [0.2, 0.25) is 0 Å². The Morgan fingerprint density at radius 2 is 1.78 bits per heavy atom. The van der Waals surface area contributed by atoms with E-state index in [-0.39, 0.29) is 18.4 Å². The molecule has 0 radical (unpaired) electrons. The van der Waals surface area contributed by atoms with E-state index in [2.05, 4.69) is 0 Å². The largest absolute Gasteiger partial charge is 0.481 e. The van der Waals surface area contributed by atoms with Crippen molar-refractivity contribution in [2.24, 2.45) is 5.92 Å². The lowest BCUT2D eigenvalue weighted by Crippen LogP contribution is -2.17. The van der Waals surface area contributed by atoms with E-state index >= 15 is 0 Å². The minimum Gasteiger partial charge on any atom is -0.481 e. The average Bonchev–Trinajstić information content (AvgIpc) is 2.67. The van der Waals surface area contributed by atoms with Crippen molar-refractivity contribution >= 4 is 11.8 Å². The van der Waals surface area contributed by atoms with Crippen LogP contribution in [-0.2, 0) is 9.59 Å². The first-order valence-electron chi connectivity index (χ1n) is 5.30. The molecule has 2 rings (SSSR count). The Hall–Kier alpha value is -1.85. The SMILES string of the molecule is O=C(O)C1CC(c2cc(F)c(F)c(F)c2)CC1=O. The summed E-state index contributed by atoms with van der Waals surface area (Å²) in [5.41, 5.74) is 0.114. The Labute approximate surface area is 100 Å². The van der Waals surface area contributed by atoms with Crippen molar-refractivity contribution in [3.05, 3.63) is 35.1 Å². The normalized spacial score (nSPS) is 23.4. The van der Waals surface area contributed by atoms with Gasteiger partial charge in [0.05, 0.1) is 0 Å². The van der Waals surface area contributed by atoms with Gasteiger partial charge in [0.1, 0.15) is 11.7 Å². The highest BCUT2D eigenvalue weighted by Gasteiger charge is 2.38. The molecule has 0 spiro atoms. The molecule has 1 N–H and O–H groups in total.